The van der Waals surface area contributed by atoms with Crippen molar-refractivity contribution in [2.45, 2.75) is 9.24 Å². The Bertz CT molecular complexity index is 1070. The molecular weight excluding hydrogens is 372 g/mol. The van der Waals surface area contributed by atoms with E-state index in [1.54, 1.807) is 12.1 Å². The number of nitro benzene ring substituents is 1. The first-order valence-corrected chi connectivity index (χ1v) is 9.03. The molecule has 4 rings (SSSR count). The molecule has 128 valence electrons. The molecule has 2 aromatic heterocycles. The van der Waals surface area contributed by atoms with Crippen molar-refractivity contribution < 1.29 is 4.92 Å². The molecule has 0 aliphatic heterocycles. The molecule has 0 saturated carbocycles. The lowest BCUT2D eigenvalue weighted by Gasteiger charge is -2.01. The zero-order valence-electron chi connectivity index (χ0n) is 13.1. The molecule has 0 amide bonds. The van der Waals surface area contributed by atoms with Crippen molar-refractivity contribution in [3.63, 3.8) is 0 Å². The zero-order valence-corrected chi connectivity index (χ0v) is 14.7. The highest BCUT2D eigenvalue weighted by atomic mass is 32.2. The van der Waals surface area contributed by atoms with Crippen molar-refractivity contribution in [3.8, 4) is 0 Å². The first kappa shape index (κ1) is 16.4. The van der Waals surface area contributed by atoms with Crippen LogP contribution < -0.4 is 0 Å². The van der Waals surface area contributed by atoms with Crippen LogP contribution in [-0.2, 0) is 0 Å². The Labute approximate surface area is 155 Å². The lowest BCUT2D eigenvalue weighted by atomic mass is 10.2. The van der Waals surface area contributed by atoms with Gasteiger partial charge in [-0.25, -0.2) is 9.66 Å². The van der Waals surface area contributed by atoms with E-state index in [2.05, 4.69) is 20.3 Å². The summed E-state index contributed by atoms with van der Waals surface area (Å²) in [7, 11) is 0. The van der Waals surface area contributed by atoms with Crippen LogP contribution in [0, 0.1) is 10.1 Å². The van der Waals surface area contributed by atoms with E-state index in [9.17, 15) is 10.1 Å². The number of rotatable bonds is 5. The van der Waals surface area contributed by atoms with Crippen molar-refractivity contribution in [3.05, 3.63) is 70.8 Å². The number of fused-ring (bicyclic) bond motifs is 1. The predicted octanol–water partition coefficient (Wildman–Crippen LogP) is 3.83. The summed E-state index contributed by atoms with van der Waals surface area (Å²) >= 11 is 2.80. The Balaban J connectivity index is 1.64. The van der Waals surface area contributed by atoms with Gasteiger partial charge >= 0.3 is 0 Å². The van der Waals surface area contributed by atoms with Gasteiger partial charge in [-0.3, -0.25) is 10.1 Å². The van der Waals surface area contributed by atoms with E-state index in [1.165, 1.54) is 52.7 Å². The van der Waals surface area contributed by atoms with Gasteiger partial charge in [-0.2, -0.15) is 5.10 Å². The summed E-state index contributed by atoms with van der Waals surface area (Å²) in [6.07, 6.45) is 4.38. The second-order valence-corrected chi connectivity index (χ2v) is 7.44. The molecule has 26 heavy (non-hydrogen) atoms. The van der Waals surface area contributed by atoms with Gasteiger partial charge in [-0.1, -0.05) is 30.0 Å². The van der Waals surface area contributed by atoms with Crippen molar-refractivity contribution >= 4 is 45.2 Å². The fourth-order valence-corrected chi connectivity index (χ4v) is 4.33. The SMILES string of the molecule is O=[N+]([O-])c1cc(/C=N/n2cnnc2)ccc1Sc1nc2ccccc2s1. The summed E-state index contributed by atoms with van der Waals surface area (Å²) in [6.45, 7) is 0. The summed E-state index contributed by atoms with van der Waals surface area (Å²) in [6, 6.07) is 12.7. The Morgan fingerprint density at radius 2 is 2.00 bits per heavy atom. The van der Waals surface area contributed by atoms with E-state index in [1.807, 2.05) is 24.3 Å². The third-order valence-corrected chi connectivity index (χ3v) is 5.56. The normalized spacial score (nSPS) is 11.4. The molecule has 2 aromatic carbocycles. The van der Waals surface area contributed by atoms with Gasteiger partial charge in [0.05, 0.1) is 26.3 Å². The van der Waals surface area contributed by atoms with E-state index in [0.717, 1.165) is 14.6 Å². The number of nitrogens with zero attached hydrogens (tertiary/aromatic N) is 6. The topological polar surface area (TPSA) is 99.1 Å². The Morgan fingerprint density at radius 3 is 2.77 bits per heavy atom. The molecule has 0 aliphatic carbocycles. The van der Waals surface area contributed by atoms with Gasteiger partial charge in [0, 0.05) is 11.6 Å². The summed E-state index contributed by atoms with van der Waals surface area (Å²) in [5.41, 5.74) is 1.52. The van der Waals surface area contributed by atoms with Crippen molar-refractivity contribution in [2.75, 3.05) is 0 Å². The number of hydrogen-bond donors (Lipinski definition) is 0. The second-order valence-electron chi connectivity index (χ2n) is 5.12. The second kappa shape index (κ2) is 7.02. The minimum atomic E-state index is -0.397. The van der Waals surface area contributed by atoms with Crippen LogP contribution in [0.15, 0.2) is 69.5 Å². The fourth-order valence-electron chi connectivity index (χ4n) is 2.22. The molecule has 0 unspecified atom stereocenters. The van der Waals surface area contributed by atoms with Gasteiger partial charge in [-0.15, -0.1) is 21.5 Å². The molecule has 0 aliphatic rings. The van der Waals surface area contributed by atoms with E-state index in [0.29, 0.717) is 10.5 Å². The minimum absolute atomic E-state index is 0.0157. The van der Waals surface area contributed by atoms with Gasteiger partial charge in [0.15, 0.2) is 4.34 Å². The van der Waals surface area contributed by atoms with Crippen LogP contribution >= 0.6 is 23.1 Å². The molecule has 0 radical (unpaired) electrons. The molecule has 0 saturated heterocycles. The van der Waals surface area contributed by atoms with E-state index in [-0.39, 0.29) is 5.69 Å². The van der Waals surface area contributed by atoms with Gasteiger partial charge in [0.1, 0.15) is 12.7 Å². The van der Waals surface area contributed by atoms with Crippen molar-refractivity contribution in [2.24, 2.45) is 5.10 Å². The summed E-state index contributed by atoms with van der Waals surface area (Å²) in [4.78, 5) is 16.1. The third-order valence-electron chi connectivity index (χ3n) is 3.40. The van der Waals surface area contributed by atoms with Crippen LogP contribution in [0.4, 0.5) is 5.69 Å². The summed E-state index contributed by atoms with van der Waals surface area (Å²) in [5.74, 6) is 0. The number of hydrogen-bond acceptors (Lipinski definition) is 8. The third kappa shape index (κ3) is 3.46. The standard InChI is InChI=1S/C16H10N6O2S2/c23-22(24)13-7-11(8-19-21-9-17-18-10-21)5-6-15(13)26-16-20-12-3-1-2-4-14(12)25-16/h1-10H/b19-8+. The van der Waals surface area contributed by atoms with Crippen molar-refractivity contribution in [1.29, 1.82) is 0 Å². The lowest BCUT2D eigenvalue weighted by Crippen LogP contribution is -1.94. The highest BCUT2D eigenvalue weighted by molar-refractivity contribution is 8.01. The first-order chi connectivity index (χ1) is 12.7. The average molecular weight is 382 g/mol. The van der Waals surface area contributed by atoms with Crippen molar-refractivity contribution in [1.82, 2.24) is 19.9 Å². The average Bonchev–Trinajstić information content (AvgIpc) is 3.29. The maximum Gasteiger partial charge on any atom is 0.283 e. The predicted molar refractivity (Wildman–Crippen MR) is 99.9 cm³/mol. The highest BCUT2D eigenvalue weighted by Gasteiger charge is 2.17. The molecule has 0 N–H and O–H groups in total. The Morgan fingerprint density at radius 1 is 1.19 bits per heavy atom. The largest absolute Gasteiger partial charge is 0.283 e. The van der Waals surface area contributed by atoms with Crippen LogP contribution in [0.2, 0.25) is 0 Å². The lowest BCUT2D eigenvalue weighted by molar-refractivity contribution is -0.387. The number of nitro groups is 1. The summed E-state index contributed by atoms with van der Waals surface area (Å²) in [5, 5.41) is 22.9. The van der Waals surface area contributed by atoms with Crippen LogP contribution in [0.25, 0.3) is 10.2 Å². The fraction of sp³-hybridized carbons (Fsp3) is 0. The maximum atomic E-state index is 11.5. The van der Waals surface area contributed by atoms with Crippen LogP contribution in [-0.4, -0.2) is 31.0 Å². The zero-order chi connectivity index (χ0) is 17.9. The number of para-hydroxylation sites is 1. The maximum absolute atomic E-state index is 11.5. The quantitative estimate of drug-likeness (QED) is 0.295. The molecule has 2 heterocycles. The van der Waals surface area contributed by atoms with Gasteiger partial charge in [0.2, 0.25) is 0 Å². The number of aromatic nitrogens is 4. The van der Waals surface area contributed by atoms with Gasteiger partial charge in [-0.05, 0) is 18.2 Å². The Kier molecular flexibility index (Phi) is 4.42. The minimum Gasteiger partial charge on any atom is -0.258 e. The van der Waals surface area contributed by atoms with Crippen LogP contribution in [0.3, 0.4) is 0 Å². The first-order valence-electron chi connectivity index (χ1n) is 7.40. The van der Waals surface area contributed by atoms with E-state index in [4.69, 9.17) is 0 Å². The molecule has 0 spiro atoms. The monoisotopic (exact) mass is 382 g/mol. The van der Waals surface area contributed by atoms with Gasteiger partial charge in [0.25, 0.3) is 5.69 Å². The number of thiazole rings is 1. The molecule has 0 atom stereocenters. The summed E-state index contributed by atoms with van der Waals surface area (Å²) < 4.78 is 3.23. The van der Waals surface area contributed by atoms with Crippen LogP contribution in [0.1, 0.15) is 5.56 Å². The van der Waals surface area contributed by atoms with Crippen LogP contribution in [0.5, 0.6) is 0 Å². The van der Waals surface area contributed by atoms with Gasteiger partial charge < -0.3 is 0 Å². The molecule has 10 heteroatoms. The molecule has 4 aromatic rings. The highest BCUT2D eigenvalue weighted by Crippen LogP contribution is 2.38. The Hall–Kier alpha value is -3.11. The molecule has 0 bridgehead atoms. The molecule has 0 fully saturated rings. The number of benzene rings is 2. The van der Waals surface area contributed by atoms with E-state index < -0.39 is 4.92 Å². The molecular formula is C16H10N6O2S2. The van der Waals surface area contributed by atoms with E-state index >= 15 is 0 Å². The smallest absolute Gasteiger partial charge is 0.258 e. The molecule has 8 nitrogen and oxygen atoms in total.